The topological polar surface area (TPSA) is 73.2 Å². The van der Waals surface area contributed by atoms with Crippen LogP contribution < -0.4 is 5.32 Å². The van der Waals surface area contributed by atoms with Crippen molar-refractivity contribution >= 4 is 18.0 Å². The van der Waals surface area contributed by atoms with Gasteiger partial charge < -0.3 is 10.1 Å². The molecule has 6 nitrogen and oxygen atoms in total. The molecule has 0 spiro atoms. The Hall–Kier alpha value is -2.11. The molecule has 98 valence electrons. The van der Waals surface area contributed by atoms with Crippen molar-refractivity contribution in [1.29, 1.82) is 0 Å². The lowest BCUT2D eigenvalue weighted by Gasteiger charge is -2.02. The lowest BCUT2D eigenvalue weighted by atomic mass is 10.3. The zero-order chi connectivity index (χ0) is 13.4. The van der Waals surface area contributed by atoms with Gasteiger partial charge in [0, 0.05) is 31.4 Å². The highest BCUT2D eigenvalue weighted by molar-refractivity contribution is 5.91. The summed E-state index contributed by atoms with van der Waals surface area (Å²) in [7, 11) is 1.80. The molecular formula is C12H17N3O3. The summed E-state index contributed by atoms with van der Waals surface area (Å²) in [6, 6.07) is 0. The van der Waals surface area contributed by atoms with Crippen LogP contribution in [-0.4, -0.2) is 34.8 Å². The fraction of sp³-hybridized carbons (Fsp3) is 0.417. The molecule has 1 aromatic heterocycles. The minimum atomic E-state index is -0.311. The van der Waals surface area contributed by atoms with Gasteiger partial charge in [0.05, 0.1) is 19.2 Å². The van der Waals surface area contributed by atoms with Crippen molar-refractivity contribution in [3.05, 3.63) is 24.0 Å². The van der Waals surface area contributed by atoms with Crippen LogP contribution >= 0.6 is 0 Å². The smallest absolute Gasteiger partial charge is 0.307 e. The standard InChI is InChI=1S/C12H17N3O3/c1-3-18-12(17)6-7-13-11(16)5-4-10-8-14-15(2)9-10/h4-5,8-9H,3,6-7H2,1-2H3,(H,13,16)/b5-4+. The molecule has 0 bridgehead atoms. The van der Waals surface area contributed by atoms with Crippen LogP contribution in [0.4, 0.5) is 0 Å². The van der Waals surface area contributed by atoms with Crippen molar-refractivity contribution in [2.75, 3.05) is 13.2 Å². The molecule has 18 heavy (non-hydrogen) atoms. The first-order chi connectivity index (χ1) is 8.61. The van der Waals surface area contributed by atoms with Crippen LogP contribution in [-0.2, 0) is 21.4 Å². The second-order valence-corrected chi connectivity index (χ2v) is 3.63. The Morgan fingerprint density at radius 3 is 2.94 bits per heavy atom. The number of aromatic nitrogens is 2. The van der Waals surface area contributed by atoms with E-state index in [2.05, 4.69) is 10.4 Å². The van der Waals surface area contributed by atoms with E-state index in [1.807, 2.05) is 0 Å². The number of carbonyl (C=O) groups is 2. The van der Waals surface area contributed by atoms with E-state index in [0.29, 0.717) is 6.61 Å². The Labute approximate surface area is 106 Å². The van der Waals surface area contributed by atoms with Crippen LogP contribution in [0.15, 0.2) is 18.5 Å². The molecule has 1 rings (SSSR count). The van der Waals surface area contributed by atoms with Crippen molar-refractivity contribution in [3.63, 3.8) is 0 Å². The number of aryl methyl sites for hydroxylation is 1. The maximum Gasteiger partial charge on any atom is 0.307 e. The third kappa shape index (κ3) is 5.29. The first-order valence-corrected chi connectivity index (χ1v) is 5.72. The predicted molar refractivity (Wildman–Crippen MR) is 66.5 cm³/mol. The van der Waals surface area contributed by atoms with E-state index in [1.165, 1.54) is 6.08 Å². The van der Waals surface area contributed by atoms with Crippen molar-refractivity contribution < 1.29 is 14.3 Å². The van der Waals surface area contributed by atoms with Crippen molar-refractivity contribution in [1.82, 2.24) is 15.1 Å². The summed E-state index contributed by atoms with van der Waals surface area (Å²) in [6.45, 7) is 2.37. The van der Waals surface area contributed by atoms with E-state index in [1.54, 1.807) is 37.1 Å². The van der Waals surface area contributed by atoms with Gasteiger partial charge in [0.25, 0.3) is 0 Å². The number of rotatable bonds is 6. The van der Waals surface area contributed by atoms with E-state index >= 15 is 0 Å². The van der Waals surface area contributed by atoms with E-state index in [0.717, 1.165) is 5.56 Å². The maximum absolute atomic E-state index is 11.4. The Kier molecular flexibility index (Phi) is 5.63. The first-order valence-electron chi connectivity index (χ1n) is 5.72. The highest BCUT2D eigenvalue weighted by atomic mass is 16.5. The Morgan fingerprint density at radius 2 is 2.33 bits per heavy atom. The fourth-order valence-electron chi connectivity index (χ4n) is 1.28. The molecule has 0 radical (unpaired) electrons. The average molecular weight is 251 g/mol. The van der Waals surface area contributed by atoms with Gasteiger partial charge in [0.2, 0.25) is 5.91 Å². The van der Waals surface area contributed by atoms with E-state index in [-0.39, 0.29) is 24.8 Å². The molecule has 0 fully saturated rings. The molecule has 0 unspecified atom stereocenters. The summed E-state index contributed by atoms with van der Waals surface area (Å²) in [5.74, 6) is -0.558. The van der Waals surface area contributed by atoms with E-state index < -0.39 is 0 Å². The molecule has 0 atom stereocenters. The Bertz CT molecular complexity index is 438. The predicted octanol–water partition coefficient (Wildman–Crippen LogP) is 0.503. The Morgan fingerprint density at radius 1 is 1.56 bits per heavy atom. The van der Waals surface area contributed by atoms with Gasteiger partial charge in [-0.25, -0.2) is 0 Å². The number of hydrogen-bond donors (Lipinski definition) is 1. The number of hydrogen-bond acceptors (Lipinski definition) is 4. The zero-order valence-corrected chi connectivity index (χ0v) is 10.5. The molecule has 0 aliphatic heterocycles. The largest absolute Gasteiger partial charge is 0.466 e. The summed E-state index contributed by atoms with van der Waals surface area (Å²) in [5, 5.41) is 6.57. The normalized spacial score (nSPS) is 10.6. The van der Waals surface area contributed by atoms with Gasteiger partial charge >= 0.3 is 5.97 Å². The van der Waals surface area contributed by atoms with Crippen LogP contribution in [0.1, 0.15) is 18.9 Å². The molecule has 1 heterocycles. The average Bonchev–Trinajstić information content (AvgIpc) is 2.73. The molecule has 0 saturated heterocycles. The molecule has 0 aromatic carbocycles. The van der Waals surface area contributed by atoms with Crippen molar-refractivity contribution in [2.45, 2.75) is 13.3 Å². The molecule has 1 aromatic rings. The molecule has 1 N–H and O–H groups in total. The monoisotopic (exact) mass is 251 g/mol. The van der Waals surface area contributed by atoms with Crippen LogP contribution in [0, 0.1) is 0 Å². The molecular weight excluding hydrogens is 234 g/mol. The van der Waals surface area contributed by atoms with Gasteiger partial charge in [-0.3, -0.25) is 14.3 Å². The summed E-state index contributed by atoms with van der Waals surface area (Å²) in [5.41, 5.74) is 0.845. The van der Waals surface area contributed by atoms with Crippen LogP contribution in [0.2, 0.25) is 0 Å². The minimum absolute atomic E-state index is 0.181. The highest BCUT2D eigenvalue weighted by Gasteiger charge is 2.02. The fourth-order valence-corrected chi connectivity index (χ4v) is 1.28. The Balaban J connectivity index is 2.25. The summed E-state index contributed by atoms with van der Waals surface area (Å²) in [4.78, 5) is 22.4. The minimum Gasteiger partial charge on any atom is -0.466 e. The lowest BCUT2D eigenvalue weighted by Crippen LogP contribution is -2.24. The van der Waals surface area contributed by atoms with E-state index in [4.69, 9.17) is 4.74 Å². The molecule has 0 saturated carbocycles. The van der Waals surface area contributed by atoms with Crippen LogP contribution in [0.3, 0.4) is 0 Å². The molecule has 0 aliphatic carbocycles. The number of esters is 1. The molecule has 0 aliphatic rings. The summed E-state index contributed by atoms with van der Waals surface area (Å²) in [6.07, 6.45) is 6.69. The third-order valence-electron chi connectivity index (χ3n) is 2.09. The van der Waals surface area contributed by atoms with Gasteiger partial charge in [-0.15, -0.1) is 0 Å². The highest BCUT2D eigenvalue weighted by Crippen LogP contribution is 1.98. The van der Waals surface area contributed by atoms with Gasteiger partial charge in [0.15, 0.2) is 0 Å². The quantitative estimate of drug-likeness (QED) is 0.590. The second-order valence-electron chi connectivity index (χ2n) is 3.63. The van der Waals surface area contributed by atoms with Gasteiger partial charge in [-0.05, 0) is 13.0 Å². The number of carbonyl (C=O) groups excluding carboxylic acids is 2. The van der Waals surface area contributed by atoms with Crippen LogP contribution in [0.25, 0.3) is 6.08 Å². The lowest BCUT2D eigenvalue weighted by molar-refractivity contribution is -0.142. The summed E-state index contributed by atoms with van der Waals surface area (Å²) < 4.78 is 6.39. The molecule has 6 heteroatoms. The molecule has 1 amide bonds. The number of amides is 1. The first kappa shape index (κ1) is 14.0. The van der Waals surface area contributed by atoms with Gasteiger partial charge in [-0.2, -0.15) is 5.10 Å². The van der Waals surface area contributed by atoms with E-state index in [9.17, 15) is 9.59 Å². The number of nitrogens with one attached hydrogen (secondary N) is 1. The third-order valence-corrected chi connectivity index (χ3v) is 2.09. The van der Waals surface area contributed by atoms with Crippen molar-refractivity contribution in [2.24, 2.45) is 7.05 Å². The zero-order valence-electron chi connectivity index (χ0n) is 10.5. The summed E-state index contributed by atoms with van der Waals surface area (Å²) >= 11 is 0. The second kappa shape index (κ2) is 7.26. The SMILES string of the molecule is CCOC(=O)CCNC(=O)/C=C/c1cnn(C)c1. The van der Waals surface area contributed by atoms with Gasteiger partial charge in [-0.1, -0.05) is 0 Å². The number of ether oxygens (including phenoxy) is 1. The van der Waals surface area contributed by atoms with Crippen molar-refractivity contribution in [3.8, 4) is 0 Å². The van der Waals surface area contributed by atoms with Gasteiger partial charge in [0.1, 0.15) is 0 Å². The maximum atomic E-state index is 11.4. The van der Waals surface area contributed by atoms with Crippen LogP contribution in [0.5, 0.6) is 0 Å². The number of nitrogens with zero attached hydrogens (tertiary/aromatic N) is 2.